The van der Waals surface area contributed by atoms with Crippen LogP contribution in [0.15, 0.2) is 16.9 Å². The SMILES string of the molecule is COCCc1noc(CN(C)C(=O)CCc2cn[nH]c2)n1. The molecule has 0 radical (unpaired) electrons. The largest absolute Gasteiger partial charge is 0.384 e. The molecule has 8 heteroatoms. The van der Waals surface area contributed by atoms with Crippen molar-refractivity contribution in [2.45, 2.75) is 25.8 Å². The van der Waals surface area contributed by atoms with Gasteiger partial charge in [-0.1, -0.05) is 5.16 Å². The molecule has 0 fully saturated rings. The Morgan fingerprint density at radius 1 is 1.48 bits per heavy atom. The number of carbonyl (C=O) groups excluding carboxylic acids is 1. The van der Waals surface area contributed by atoms with Crippen LogP contribution in [0.1, 0.15) is 23.7 Å². The van der Waals surface area contributed by atoms with Crippen LogP contribution in [0, 0.1) is 0 Å². The molecular formula is C13H19N5O3. The number of aryl methyl sites for hydroxylation is 1. The fourth-order valence-corrected chi connectivity index (χ4v) is 1.80. The first-order valence-corrected chi connectivity index (χ1v) is 6.71. The van der Waals surface area contributed by atoms with E-state index >= 15 is 0 Å². The van der Waals surface area contributed by atoms with Crippen molar-refractivity contribution in [1.82, 2.24) is 25.2 Å². The van der Waals surface area contributed by atoms with Crippen LogP contribution in [-0.4, -0.2) is 51.9 Å². The Morgan fingerprint density at radius 3 is 3.05 bits per heavy atom. The minimum Gasteiger partial charge on any atom is -0.384 e. The number of amides is 1. The number of nitrogens with one attached hydrogen (secondary N) is 1. The third-order valence-corrected chi connectivity index (χ3v) is 3.02. The maximum absolute atomic E-state index is 12.0. The summed E-state index contributed by atoms with van der Waals surface area (Å²) in [6.07, 6.45) is 5.17. The molecular weight excluding hydrogens is 274 g/mol. The highest BCUT2D eigenvalue weighted by Crippen LogP contribution is 2.06. The highest BCUT2D eigenvalue weighted by molar-refractivity contribution is 5.76. The van der Waals surface area contributed by atoms with Crippen LogP contribution >= 0.6 is 0 Å². The number of ether oxygens (including phenoxy) is 1. The summed E-state index contributed by atoms with van der Waals surface area (Å²) in [4.78, 5) is 17.8. The van der Waals surface area contributed by atoms with Crippen molar-refractivity contribution < 1.29 is 14.1 Å². The molecule has 0 atom stereocenters. The molecule has 1 N–H and O–H groups in total. The second kappa shape index (κ2) is 7.53. The molecule has 2 rings (SSSR count). The van der Waals surface area contributed by atoms with E-state index in [4.69, 9.17) is 9.26 Å². The van der Waals surface area contributed by atoms with Gasteiger partial charge in [-0.3, -0.25) is 9.89 Å². The van der Waals surface area contributed by atoms with E-state index < -0.39 is 0 Å². The van der Waals surface area contributed by atoms with Crippen LogP contribution in [-0.2, 0) is 28.9 Å². The number of H-pyrrole nitrogens is 1. The van der Waals surface area contributed by atoms with Gasteiger partial charge in [-0.25, -0.2) is 0 Å². The highest BCUT2D eigenvalue weighted by atomic mass is 16.5. The van der Waals surface area contributed by atoms with Crippen LogP contribution in [0.5, 0.6) is 0 Å². The van der Waals surface area contributed by atoms with Crippen LogP contribution in [0.2, 0.25) is 0 Å². The molecule has 0 saturated carbocycles. The maximum Gasteiger partial charge on any atom is 0.246 e. The Hall–Kier alpha value is -2.22. The van der Waals surface area contributed by atoms with Crippen molar-refractivity contribution >= 4 is 5.91 Å². The second-order valence-electron chi connectivity index (χ2n) is 4.70. The molecule has 0 aliphatic rings. The molecule has 0 saturated heterocycles. The average molecular weight is 293 g/mol. The lowest BCUT2D eigenvalue weighted by molar-refractivity contribution is -0.130. The van der Waals surface area contributed by atoms with Gasteiger partial charge in [0.1, 0.15) is 0 Å². The Bertz CT molecular complexity index is 552. The number of carbonyl (C=O) groups is 1. The second-order valence-corrected chi connectivity index (χ2v) is 4.70. The summed E-state index contributed by atoms with van der Waals surface area (Å²) < 4.78 is 10.1. The van der Waals surface area contributed by atoms with Crippen LogP contribution in [0.3, 0.4) is 0 Å². The lowest BCUT2D eigenvalue weighted by Crippen LogP contribution is -2.26. The predicted octanol–water partition coefficient (Wildman–Crippen LogP) is 0.573. The van der Waals surface area contributed by atoms with Gasteiger partial charge in [0.2, 0.25) is 11.8 Å². The number of hydrogen-bond acceptors (Lipinski definition) is 6. The third kappa shape index (κ3) is 4.67. The average Bonchev–Trinajstić information content (AvgIpc) is 3.14. The first-order valence-electron chi connectivity index (χ1n) is 6.71. The molecule has 0 aliphatic carbocycles. The number of methoxy groups -OCH3 is 1. The topological polar surface area (TPSA) is 97.1 Å². The quantitative estimate of drug-likeness (QED) is 0.764. The lowest BCUT2D eigenvalue weighted by atomic mass is 10.2. The molecule has 2 aromatic rings. The Morgan fingerprint density at radius 2 is 2.33 bits per heavy atom. The zero-order chi connectivity index (χ0) is 15.1. The van der Waals surface area contributed by atoms with Crippen molar-refractivity contribution in [3.05, 3.63) is 29.7 Å². The summed E-state index contributed by atoms with van der Waals surface area (Å²) in [5, 5.41) is 10.4. The minimum absolute atomic E-state index is 0.0211. The molecule has 21 heavy (non-hydrogen) atoms. The monoisotopic (exact) mass is 293 g/mol. The van der Waals surface area contributed by atoms with Gasteiger partial charge in [-0.05, 0) is 12.0 Å². The summed E-state index contributed by atoms with van der Waals surface area (Å²) >= 11 is 0. The van der Waals surface area contributed by atoms with Crippen molar-refractivity contribution in [2.24, 2.45) is 0 Å². The van der Waals surface area contributed by atoms with Gasteiger partial charge in [-0.15, -0.1) is 0 Å². The van der Waals surface area contributed by atoms with Gasteiger partial charge >= 0.3 is 0 Å². The van der Waals surface area contributed by atoms with Gasteiger partial charge in [-0.2, -0.15) is 10.1 Å². The summed E-state index contributed by atoms with van der Waals surface area (Å²) in [5.41, 5.74) is 1.01. The smallest absolute Gasteiger partial charge is 0.246 e. The molecule has 114 valence electrons. The van der Waals surface area contributed by atoms with Crippen molar-refractivity contribution in [3.63, 3.8) is 0 Å². The standard InChI is InChI=1S/C13H19N5O3/c1-18(13(19)4-3-10-7-14-15-8-10)9-12-16-11(17-21-12)5-6-20-2/h7-8H,3-6,9H2,1-2H3,(H,14,15). The third-order valence-electron chi connectivity index (χ3n) is 3.02. The molecule has 0 bridgehead atoms. The normalized spacial score (nSPS) is 10.8. The van der Waals surface area contributed by atoms with Crippen molar-refractivity contribution in [3.8, 4) is 0 Å². The van der Waals surface area contributed by atoms with Crippen LogP contribution in [0.4, 0.5) is 0 Å². The lowest BCUT2D eigenvalue weighted by Gasteiger charge is -2.14. The van der Waals surface area contributed by atoms with Crippen LogP contribution in [0.25, 0.3) is 0 Å². The first-order chi connectivity index (χ1) is 10.2. The predicted molar refractivity (Wildman–Crippen MR) is 73.3 cm³/mol. The number of hydrogen-bond donors (Lipinski definition) is 1. The zero-order valence-corrected chi connectivity index (χ0v) is 12.2. The Labute approximate surface area is 122 Å². The first kappa shape index (κ1) is 15.2. The van der Waals surface area contributed by atoms with Gasteiger partial charge in [0.15, 0.2) is 5.82 Å². The van der Waals surface area contributed by atoms with Crippen molar-refractivity contribution in [2.75, 3.05) is 20.8 Å². The van der Waals surface area contributed by atoms with E-state index in [0.717, 1.165) is 5.56 Å². The van der Waals surface area contributed by atoms with E-state index in [9.17, 15) is 4.79 Å². The van der Waals surface area contributed by atoms with E-state index in [-0.39, 0.29) is 5.91 Å². The zero-order valence-electron chi connectivity index (χ0n) is 12.2. The fourth-order valence-electron chi connectivity index (χ4n) is 1.80. The fraction of sp³-hybridized carbons (Fsp3) is 0.538. The highest BCUT2D eigenvalue weighted by Gasteiger charge is 2.14. The molecule has 1 amide bonds. The Balaban J connectivity index is 1.78. The number of aromatic amines is 1. The molecule has 0 aliphatic heterocycles. The minimum atomic E-state index is 0.0211. The van der Waals surface area contributed by atoms with E-state index in [1.165, 1.54) is 0 Å². The molecule has 8 nitrogen and oxygen atoms in total. The van der Waals surface area contributed by atoms with Crippen molar-refractivity contribution in [1.29, 1.82) is 0 Å². The van der Waals surface area contributed by atoms with E-state index in [1.807, 2.05) is 0 Å². The Kier molecular flexibility index (Phi) is 5.44. The molecule has 0 unspecified atom stereocenters. The van der Waals surface area contributed by atoms with Gasteiger partial charge in [0, 0.05) is 33.2 Å². The number of nitrogens with zero attached hydrogens (tertiary/aromatic N) is 4. The summed E-state index contributed by atoms with van der Waals surface area (Å²) in [5.74, 6) is 1.04. The van der Waals surface area contributed by atoms with Crippen LogP contribution < -0.4 is 0 Å². The summed E-state index contributed by atoms with van der Waals surface area (Å²) in [6, 6.07) is 0. The summed E-state index contributed by atoms with van der Waals surface area (Å²) in [7, 11) is 3.34. The molecule has 2 heterocycles. The summed E-state index contributed by atoms with van der Waals surface area (Å²) in [6.45, 7) is 0.850. The number of rotatable bonds is 8. The molecule has 0 spiro atoms. The molecule has 2 aromatic heterocycles. The maximum atomic E-state index is 12.0. The van der Waals surface area contributed by atoms with E-state index in [1.54, 1.807) is 31.5 Å². The van der Waals surface area contributed by atoms with E-state index in [0.29, 0.717) is 44.1 Å². The van der Waals surface area contributed by atoms with Gasteiger partial charge in [0.05, 0.1) is 19.3 Å². The number of aromatic nitrogens is 4. The molecule has 0 aromatic carbocycles. The van der Waals surface area contributed by atoms with E-state index in [2.05, 4.69) is 20.3 Å². The van der Waals surface area contributed by atoms with Gasteiger partial charge < -0.3 is 14.2 Å². The van der Waals surface area contributed by atoms with Gasteiger partial charge in [0.25, 0.3) is 0 Å².